The first kappa shape index (κ1) is 21.5. The van der Waals surface area contributed by atoms with E-state index in [-0.39, 0.29) is 36.7 Å². The largest absolute Gasteiger partial charge is 0.365 e. The Bertz CT molecular complexity index is 993. The smallest absolute Gasteiger partial charge is 0.345 e. The molecule has 0 unspecified atom stereocenters. The molecule has 2 heterocycles. The SMILES string of the molecule is NC(=O)c1c(-c2cccc(Cl)c2)nn2c1CN(C(=O)NC1CC(COC(F)F)C1)CC2. The summed E-state index contributed by atoms with van der Waals surface area (Å²) in [5, 5.41) is 7.96. The molecule has 0 bridgehead atoms. The summed E-state index contributed by atoms with van der Waals surface area (Å²) in [5.41, 5.74) is 7.60. The summed E-state index contributed by atoms with van der Waals surface area (Å²) >= 11 is 6.07. The van der Waals surface area contributed by atoms with Crippen LogP contribution in [0.4, 0.5) is 13.6 Å². The number of nitrogens with zero attached hydrogens (tertiary/aromatic N) is 3. The lowest BCUT2D eigenvalue weighted by Gasteiger charge is -2.37. The number of primary amides is 1. The molecular formula is C20H22ClF2N5O3. The van der Waals surface area contributed by atoms with E-state index in [1.807, 2.05) is 0 Å². The highest BCUT2D eigenvalue weighted by atomic mass is 35.5. The molecule has 1 aliphatic carbocycles. The van der Waals surface area contributed by atoms with E-state index in [2.05, 4.69) is 15.2 Å². The van der Waals surface area contributed by atoms with Gasteiger partial charge in [0.15, 0.2) is 0 Å². The number of ether oxygens (including phenoxy) is 1. The van der Waals surface area contributed by atoms with Gasteiger partial charge in [0.2, 0.25) is 0 Å². The fourth-order valence-corrected chi connectivity index (χ4v) is 4.24. The molecule has 31 heavy (non-hydrogen) atoms. The van der Waals surface area contributed by atoms with Crippen LogP contribution in [0.25, 0.3) is 11.3 Å². The van der Waals surface area contributed by atoms with Gasteiger partial charge in [-0.05, 0) is 30.9 Å². The van der Waals surface area contributed by atoms with Crippen molar-refractivity contribution in [2.45, 2.75) is 38.6 Å². The van der Waals surface area contributed by atoms with Crippen molar-refractivity contribution in [1.82, 2.24) is 20.0 Å². The average molecular weight is 454 g/mol. The van der Waals surface area contributed by atoms with Crippen LogP contribution in [-0.2, 0) is 17.8 Å². The van der Waals surface area contributed by atoms with E-state index >= 15 is 0 Å². The summed E-state index contributed by atoms with van der Waals surface area (Å²) in [7, 11) is 0. The first-order valence-electron chi connectivity index (χ1n) is 9.92. The minimum atomic E-state index is -2.77. The Balaban J connectivity index is 1.44. The van der Waals surface area contributed by atoms with Crippen molar-refractivity contribution in [3.8, 4) is 11.3 Å². The van der Waals surface area contributed by atoms with E-state index in [0.717, 1.165) is 0 Å². The van der Waals surface area contributed by atoms with Crippen molar-refractivity contribution >= 4 is 23.5 Å². The summed E-state index contributed by atoms with van der Waals surface area (Å²) in [5.74, 6) is -0.608. The molecule has 1 fully saturated rings. The van der Waals surface area contributed by atoms with Gasteiger partial charge in [-0.1, -0.05) is 23.7 Å². The molecule has 2 aromatic rings. The highest BCUT2D eigenvalue weighted by Crippen LogP contribution is 2.31. The van der Waals surface area contributed by atoms with E-state index in [0.29, 0.717) is 47.9 Å². The van der Waals surface area contributed by atoms with Gasteiger partial charge in [-0.3, -0.25) is 9.48 Å². The quantitative estimate of drug-likeness (QED) is 0.702. The van der Waals surface area contributed by atoms with Crippen LogP contribution in [0.2, 0.25) is 5.02 Å². The number of carbonyl (C=O) groups excluding carboxylic acids is 2. The molecule has 0 spiro atoms. The zero-order valence-corrected chi connectivity index (χ0v) is 17.3. The predicted molar refractivity (Wildman–Crippen MR) is 109 cm³/mol. The Morgan fingerprint density at radius 2 is 2.10 bits per heavy atom. The first-order chi connectivity index (χ1) is 14.8. The van der Waals surface area contributed by atoms with Crippen LogP contribution in [0.15, 0.2) is 24.3 Å². The van der Waals surface area contributed by atoms with Crippen molar-refractivity contribution in [2.75, 3.05) is 13.2 Å². The molecule has 1 aromatic heterocycles. The van der Waals surface area contributed by atoms with Crippen molar-refractivity contribution in [1.29, 1.82) is 0 Å². The number of rotatable bonds is 6. The molecule has 1 saturated carbocycles. The summed E-state index contributed by atoms with van der Waals surface area (Å²) in [4.78, 5) is 26.5. The third-order valence-corrected chi connectivity index (χ3v) is 5.87. The van der Waals surface area contributed by atoms with Crippen LogP contribution in [0.5, 0.6) is 0 Å². The molecule has 3 N–H and O–H groups in total. The zero-order valence-electron chi connectivity index (χ0n) is 16.6. The standard InChI is InChI=1S/C20H22ClF2N5O3/c21-13-3-1-2-12(8-13)17-16(18(24)29)15-9-27(4-5-28(15)26-17)20(30)25-14-6-11(7-14)10-31-19(22)23/h1-3,8,11,14,19H,4-7,9-10H2,(H2,24,29)(H,25,30). The number of fused-ring (bicyclic) bond motifs is 1. The number of nitrogens with two attached hydrogens (primary N) is 1. The molecule has 11 heteroatoms. The van der Waals surface area contributed by atoms with Gasteiger partial charge in [-0.15, -0.1) is 0 Å². The maximum atomic E-state index is 12.7. The van der Waals surface area contributed by atoms with Gasteiger partial charge in [0, 0.05) is 23.2 Å². The fourth-order valence-electron chi connectivity index (χ4n) is 4.05. The molecule has 0 saturated heterocycles. The highest BCUT2D eigenvalue weighted by Gasteiger charge is 2.34. The molecule has 0 atom stereocenters. The van der Waals surface area contributed by atoms with Crippen molar-refractivity contribution in [2.24, 2.45) is 11.7 Å². The topological polar surface area (TPSA) is 102 Å². The molecular weight excluding hydrogens is 432 g/mol. The monoisotopic (exact) mass is 453 g/mol. The number of halogens is 3. The Labute approximate surface area is 182 Å². The number of carbonyl (C=O) groups is 2. The number of benzene rings is 1. The number of urea groups is 1. The van der Waals surface area contributed by atoms with Crippen LogP contribution < -0.4 is 11.1 Å². The Morgan fingerprint density at radius 3 is 2.77 bits per heavy atom. The number of nitrogens with one attached hydrogen (secondary N) is 1. The van der Waals surface area contributed by atoms with Gasteiger partial charge in [0.1, 0.15) is 5.69 Å². The summed E-state index contributed by atoms with van der Waals surface area (Å²) in [6.07, 6.45) is 1.19. The summed E-state index contributed by atoms with van der Waals surface area (Å²) < 4.78 is 30.2. The van der Waals surface area contributed by atoms with Gasteiger partial charge in [-0.2, -0.15) is 13.9 Å². The highest BCUT2D eigenvalue weighted by molar-refractivity contribution is 6.30. The minimum absolute atomic E-state index is 0.0127. The summed E-state index contributed by atoms with van der Waals surface area (Å²) in [6, 6.07) is 6.63. The lowest BCUT2D eigenvalue weighted by molar-refractivity contribution is -0.145. The van der Waals surface area contributed by atoms with Gasteiger partial charge in [0.25, 0.3) is 5.91 Å². The van der Waals surface area contributed by atoms with Gasteiger partial charge < -0.3 is 20.7 Å². The van der Waals surface area contributed by atoms with E-state index in [9.17, 15) is 18.4 Å². The van der Waals surface area contributed by atoms with Crippen LogP contribution in [0.1, 0.15) is 28.9 Å². The number of hydrogen-bond donors (Lipinski definition) is 2. The molecule has 166 valence electrons. The Kier molecular flexibility index (Phi) is 6.10. The number of alkyl halides is 2. The molecule has 8 nitrogen and oxygen atoms in total. The molecule has 3 amide bonds. The first-order valence-corrected chi connectivity index (χ1v) is 10.3. The van der Waals surface area contributed by atoms with Crippen LogP contribution in [0.3, 0.4) is 0 Å². The van der Waals surface area contributed by atoms with Crippen molar-refractivity contribution < 1.29 is 23.1 Å². The lowest BCUT2D eigenvalue weighted by Crippen LogP contribution is -2.52. The number of amides is 3. The average Bonchev–Trinajstić information content (AvgIpc) is 3.08. The lowest BCUT2D eigenvalue weighted by atomic mass is 9.81. The van der Waals surface area contributed by atoms with E-state index in [1.165, 1.54) is 0 Å². The second-order valence-electron chi connectivity index (χ2n) is 7.77. The van der Waals surface area contributed by atoms with E-state index in [4.69, 9.17) is 17.3 Å². The van der Waals surface area contributed by atoms with E-state index < -0.39 is 12.5 Å². The number of aromatic nitrogens is 2. The minimum Gasteiger partial charge on any atom is -0.365 e. The van der Waals surface area contributed by atoms with Gasteiger partial charge in [-0.25, -0.2) is 4.79 Å². The molecule has 4 rings (SSSR count). The van der Waals surface area contributed by atoms with Crippen LogP contribution >= 0.6 is 11.6 Å². The maximum Gasteiger partial charge on any atom is 0.345 e. The maximum absolute atomic E-state index is 12.7. The third kappa shape index (κ3) is 4.64. The third-order valence-electron chi connectivity index (χ3n) is 5.63. The molecule has 1 aliphatic heterocycles. The Morgan fingerprint density at radius 1 is 1.32 bits per heavy atom. The second-order valence-corrected chi connectivity index (χ2v) is 8.20. The normalized spacial score (nSPS) is 20.3. The van der Waals surface area contributed by atoms with Gasteiger partial charge >= 0.3 is 12.6 Å². The fraction of sp³-hybridized carbons (Fsp3) is 0.450. The van der Waals surface area contributed by atoms with Crippen LogP contribution in [-0.4, -0.2) is 52.4 Å². The number of hydrogen-bond acceptors (Lipinski definition) is 4. The van der Waals surface area contributed by atoms with Crippen LogP contribution in [0, 0.1) is 5.92 Å². The second kappa shape index (κ2) is 8.80. The summed E-state index contributed by atoms with van der Waals surface area (Å²) in [6.45, 7) is -1.77. The molecule has 1 aromatic carbocycles. The molecule has 2 aliphatic rings. The molecule has 0 radical (unpaired) electrons. The van der Waals surface area contributed by atoms with E-state index in [1.54, 1.807) is 33.8 Å². The van der Waals surface area contributed by atoms with Crippen molar-refractivity contribution in [3.05, 3.63) is 40.5 Å². The van der Waals surface area contributed by atoms with Gasteiger partial charge in [0.05, 0.1) is 31.0 Å². The Hall–Kier alpha value is -2.72. The van der Waals surface area contributed by atoms with Crippen molar-refractivity contribution in [3.63, 3.8) is 0 Å². The predicted octanol–water partition coefficient (Wildman–Crippen LogP) is 2.85. The zero-order chi connectivity index (χ0) is 22.1.